The molecule has 2 aromatic rings. The molecule has 2 aliphatic rings. The van der Waals surface area contributed by atoms with Crippen LogP contribution < -0.4 is 5.32 Å². The van der Waals surface area contributed by atoms with Gasteiger partial charge in [0.15, 0.2) is 0 Å². The SMILES string of the molecule is c1ccc2c(c1)CC(CN1CCn3cnnc3C1)N2. The van der Waals surface area contributed by atoms with Gasteiger partial charge in [0.05, 0.1) is 6.54 Å². The van der Waals surface area contributed by atoms with Crippen LogP contribution in [0.3, 0.4) is 0 Å². The third kappa shape index (κ3) is 2.00. The monoisotopic (exact) mass is 255 g/mol. The van der Waals surface area contributed by atoms with E-state index in [2.05, 4.69) is 49.2 Å². The number of fused-ring (bicyclic) bond motifs is 2. The zero-order valence-corrected chi connectivity index (χ0v) is 10.8. The van der Waals surface area contributed by atoms with Crippen molar-refractivity contribution in [2.75, 3.05) is 18.4 Å². The maximum atomic E-state index is 4.17. The van der Waals surface area contributed by atoms with Crippen LogP contribution in [0.25, 0.3) is 0 Å². The minimum absolute atomic E-state index is 0.520. The van der Waals surface area contributed by atoms with E-state index in [-0.39, 0.29) is 0 Å². The Hall–Kier alpha value is -1.88. The van der Waals surface area contributed by atoms with Crippen molar-refractivity contribution in [1.82, 2.24) is 19.7 Å². The zero-order valence-electron chi connectivity index (χ0n) is 10.8. The Labute approximate surface area is 112 Å². The molecule has 0 bridgehead atoms. The fourth-order valence-electron chi connectivity index (χ4n) is 3.07. The Bertz CT molecular complexity index is 566. The molecule has 3 heterocycles. The molecular weight excluding hydrogens is 238 g/mol. The van der Waals surface area contributed by atoms with Crippen LogP contribution in [-0.4, -0.2) is 38.8 Å². The summed E-state index contributed by atoms with van der Waals surface area (Å²) < 4.78 is 2.15. The first-order chi connectivity index (χ1) is 9.38. The molecule has 2 aliphatic heterocycles. The summed E-state index contributed by atoms with van der Waals surface area (Å²) in [5.41, 5.74) is 2.74. The van der Waals surface area contributed by atoms with Gasteiger partial charge < -0.3 is 9.88 Å². The minimum atomic E-state index is 0.520. The van der Waals surface area contributed by atoms with E-state index < -0.39 is 0 Å². The molecule has 4 rings (SSSR count). The lowest BCUT2D eigenvalue weighted by Crippen LogP contribution is -2.40. The van der Waals surface area contributed by atoms with Crippen molar-refractivity contribution >= 4 is 5.69 Å². The average molecular weight is 255 g/mol. The molecule has 19 heavy (non-hydrogen) atoms. The van der Waals surface area contributed by atoms with Crippen LogP contribution in [0, 0.1) is 0 Å². The maximum absolute atomic E-state index is 4.17. The Balaban J connectivity index is 1.42. The minimum Gasteiger partial charge on any atom is -0.380 e. The van der Waals surface area contributed by atoms with Crippen molar-refractivity contribution in [3.05, 3.63) is 42.0 Å². The van der Waals surface area contributed by atoms with Crippen molar-refractivity contribution < 1.29 is 0 Å². The van der Waals surface area contributed by atoms with E-state index in [1.54, 1.807) is 0 Å². The fourth-order valence-corrected chi connectivity index (χ4v) is 3.07. The van der Waals surface area contributed by atoms with Crippen LogP contribution in [-0.2, 0) is 19.5 Å². The van der Waals surface area contributed by atoms with Crippen LogP contribution >= 0.6 is 0 Å². The van der Waals surface area contributed by atoms with E-state index in [1.807, 2.05) is 6.33 Å². The van der Waals surface area contributed by atoms with Crippen molar-refractivity contribution in [3.63, 3.8) is 0 Å². The molecule has 0 aliphatic carbocycles. The number of nitrogens with zero attached hydrogens (tertiary/aromatic N) is 4. The second-order valence-corrected chi connectivity index (χ2v) is 5.38. The number of nitrogens with one attached hydrogen (secondary N) is 1. The number of aromatic nitrogens is 3. The average Bonchev–Trinajstić information content (AvgIpc) is 3.03. The van der Waals surface area contributed by atoms with E-state index in [4.69, 9.17) is 0 Å². The highest BCUT2D eigenvalue weighted by Crippen LogP contribution is 2.26. The van der Waals surface area contributed by atoms with E-state index >= 15 is 0 Å². The lowest BCUT2D eigenvalue weighted by Gasteiger charge is -2.29. The smallest absolute Gasteiger partial charge is 0.147 e. The van der Waals surface area contributed by atoms with Gasteiger partial charge in [-0.2, -0.15) is 0 Å². The van der Waals surface area contributed by atoms with E-state index in [9.17, 15) is 0 Å². The fraction of sp³-hybridized carbons (Fsp3) is 0.429. The summed E-state index contributed by atoms with van der Waals surface area (Å²) >= 11 is 0. The van der Waals surface area contributed by atoms with Crippen LogP contribution in [0.4, 0.5) is 5.69 Å². The van der Waals surface area contributed by atoms with Gasteiger partial charge in [0.2, 0.25) is 0 Å². The third-order valence-electron chi connectivity index (χ3n) is 4.04. The summed E-state index contributed by atoms with van der Waals surface area (Å²) in [5, 5.41) is 11.8. The summed E-state index contributed by atoms with van der Waals surface area (Å²) in [6.45, 7) is 4.07. The molecule has 0 spiro atoms. The highest BCUT2D eigenvalue weighted by atomic mass is 15.3. The van der Waals surface area contributed by atoms with E-state index in [0.29, 0.717) is 6.04 Å². The van der Waals surface area contributed by atoms with Gasteiger partial charge in [0.1, 0.15) is 12.2 Å². The molecular formula is C14H17N5. The standard InChI is InChI=1S/C14H17N5/c1-2-4-13-11(3-1)7-12(16-13)8-18-5-6-19-10-15-17-14(19)9-18/h1-4,10,12,16H,5-9H2. The number of benzene rings is 1. The van der Waals surface area contributed by atoms with Crippen molar-refractivity contribution in [1.29, 1.82) is 0 Å². The molecule has 1 aromatic carbocycles. The van der Waals surface area contributed by atoms with Gasteiger partial charge in [-0.3, -0.25) is 4.90 Å². The van der Waals surface area contributed by atoms with Gasteiger partial charge in [-0.05, 0) is 18.1 Å². The van der Waals surface area contributed by atoms with Crippen LogP contribution in [0.2, 0.25) is 0 Å². The normalized spacial score (nSPS) is 21.8. The third-order valence-corrected chi connectivity index (χ3v) is 4.04. The van der Waals surface area contributed by atoms with E-state index in [0.717, 1.165) is 38.4 Å². The van der Waals surface area contributed by atoms with Crippen molar-refractivity contribution in [2.24, 2.45) is 0 Å². The van der Waals surface area contributed by atoms with Crippen LogP contribution in [0.5, 0.6) is 0 Å². The Morgan fingerprint density at radius 3 is 3.16 bits per heavy atom. The Morgan fingerprint density at radius 2 is 2.21 bits per heavy atom. The number of hydrogen-bond donors (Lipinski definition) is 1. The summed E-state index contributed by atoms with van der Waals surface area (Å²) in [7, 11) is 0. The first-order valence-electron chi connectivity index (χ1n) is 6.82. The van der Waals surface area contributed by atoms with Gasteiger partial charge >= 0.3 is 0 Å². The quantitative estimate of drug-likeness (QED) is 0.874. The molecule has 1 aromatic heterocycles. The van der Waals surface area contributed by atoms with Crippen molar-refractivity contribution in [3.8, 4) is 0 Å². The molecule has 1 unspecified atom stereocenters. The topological polar surface area (TPSA) is 46.0 Å². The molecule has 98 valence electrons. The predicted molar refractivity (Wildman–Crippen MR) is 72.9 cm³/mol. The predicted octanol–water partition coefficient (Wildman–Crippen LogP) is 1.13. The van der Waals surface area contributed by atoms with E-state index in [1.165, 1.54) is 11.3 Å². The maximum Gasteiger partial charge on any atom is 0.147 e. The highest BCUT2D eigenvalue weighted by molar-refractivity contribution is 5.56. The molecule has 0 fully saturated rings. The van der Waals surface area contributed by atoms with Gasteiger partial charge in [-0.25, -0.2) is 0 Å². The largest absolute Gasteiger partial charge is 0.380 e. The Morgan fingerprint density at radius 1 is 1.26 bits per heavy atom. The first-order valence-corrected chi connectivity index (χ1v) is 6.82. The summed E-state index contributed by atoms with van der Waals surface area (Å²) in [6, 6.07) is 9.12. The molecule has 1 atom stereocenters. The van der Waals surface area contributed by atoms with Gasteiger partial charge in [-0.15, -0.1) is 10.2 Å². The second-order valence-electron chi connectivity index (χ2n) is 5.38. The lowest BCUT2D eigenvalue weighted by atomic mass is 10.1. The molecule has 1 N–H and O–H groups in total. The summed E-state index contributed by atoms with van der Waals surface area (Å²) in [5.74, 6) is 1.08. The lowest BCUT2D eigenvalue weighted by molar-refractivity contribution is 0.209. The number of hydrogen-bond acceptors (Lipinski definition) is 4. The Kier molecular flexibility index (Phi) is 2.51. The molecule has 5 nitrogen and oxygen atoms in total. The summed E-state index contributed by atoms with van der Waals surface area (Å²) in [6.07, 6.45) is 2.95. The highest BCUT2D eigenvalue weighted by Gasteiger charge is 2.24. The molecule has 0 amide bonds. The van der Waals surface area contributed by atoms with Gasteiger partial charge in [-0.1, -0.05) is 18.2 Å². The van der Waals surface area contributed by atoms with Gasteiger partial charge in [0.25, 0.3) is 0 Å². The molecule has 0 radical (unpaired) electrons. The number of para-hydroxylation sites is 1. The first kappa shape index (κ1) is 11.0. The number of anilines is 1. The van der Waals surface area contributed by atoms with Crippen molar-refractivity contribution in [2.45, 2.75) is 25.6 Å². The zero-order chi connectivity index (χ0) is 12.7. The van der Waals surface area contributed by atoms with Gasteiger partial charge in [0, 0.05) is 31.4 Å². The second kappa shape index (κ2) is 4.35. The molecule has 5 heteroatoms. The van der Waals surface area contributed by atoms with Crippen LogP contribution in [0.1, 0.15) is 11.4 Å². The number of rotatable bonds is 2. The molecule has 0 saturated carbocycles. The summed E-state index contributed by atoms with van der Waals surface area (Å²) in [4.78, 5) is 2.47. The molecule has 0 saturated heterocycles. The van der Waals surface area contributed by atoms with Crippen LogP contribution in [0.15, 0.2) is 30.6 Å².